The monoisotopic (exact) mass is 546 g/mol. The Labute approximate surface area is 219 Å². The van der Waals surface area contributed by atoms with Crippen LogP contribution in [-0.4, -0.2) is 44.0 Å². The Kier molecular flexibility index (Phi) is 6.12. The highest BCUT2D eigenvalue weighted by atomic mass is 32.1. The molecule has 3 aromatic rings. The first-order valence-corrected chi connectivity index (χ1v) is 13.4. The highest BCUT2D eigenvalue weighted by Crippen LogP contribution is 2.42. The van der Waals surface area contributed by atoms with Crippen molar-refractivity contribution < 1.29 is 27.5 Å². The van der Waals surface area contributed by atoms with E-state index < -0.39 is 24.1 Å². The summed E-state index contributed by atoms with van der Waals surface area (Å²) in [6.45, 7) is 1.72. The number of hydrogen-bond acceptors (Lipinski definition) is 7. The van der Waals surface area contributed by atoms with Crippen molar-refractivity contribution >= 4 is 23.2 Å². The number of aromatic nitrogens is 4. The maximum atomic E-state index is 13.2. The molecule has 2 aromatic heterocycles. The standard InChI is InChI=1S/C25H25F3N6O3S/c1-12(30-22(35)16-8-15(13-2-3-13)9-18(10-16)37-25(26,27)28)21-32-20(14-4-5-14)33-34(21)24-29-11-19(38-24)23(36)31-17-6-7-17/h8-14,17H,2-7H2,1H3,(H,30,35)(H,31,36)/t12-/m0/s1. The van der Waals surface area contributed by atoms with E-state index in [0.717, 1.165) is 44.6 Å². The molecule has 2 amide bonds. The summed E-state index contributed by atoms with van der Waals surface area (Å²) in [4.78, 5) is 35.1. The van der Waals surface area contributed by atoms with Gasteiger partial charge < -0.3 is 15.4 Å². The van der Waals surface area contributed by atoms with Crippen LogP contribution < -0.4 is 15.4 Å². The number of carbonyl (C=O) groups is 2. The lowest BCUT2D eigenvalue weighted by atomic mass is 10.1. The summed E-state index contributed by atoms with van der Waals surface area (Å²) >= 11 is 1.18. The fourth-order valence-electron chi connectivity index (χ4n) is 4.17. The summed E-state index contributed by atoms with van der Waals surface area (Å²) in [5.41, 5.74) is 0.714. The fourth-order valence-corrected chi connectivity index (χ4v) is 4.95. The number of rotatable bonds is 9. The maximum Gasteiger partial charge on any atom is 0.573 e. The van der Waals surface area contributed by atoms with Gasteiger partial charge in [-0.25, -0.2) is 9.97 Å². The summed E-state index contributed by atoms with van der Waals surface area (Å²) < 4.78 is 44.3. The van der Waals surface area contributed by atoms with Gasteiger partial charge in [0.05, 0.1) is 12.2 Å². The minimum absolute atomic E-state index is 0.0715. The number of benzene rings is 1. The van der Waals surface area contributed by atoms with Crippen molar-refractivity contribution in [3.8, 4) is 10.9 Å². The van der Waals surface area contributed by atoms with Crippen LogP contribution in [0.25, 0.3) is 5.13 Å². The molecule has 0 aliphatic heterocycles. The molecule has 2 N–H and O–H groups in total. The van der Waals surface area contributed by atoms with Gasteiger partial charge in [-0.2, -0.15) is 4.68 Å². The van der Waals surface area contributed by atoms with E-state index in [1.807, 2.05) is 0 Å². The van der Waals surface area contributed by atoms with Gasteiger partial charge in [-0.3, -0.25) is 9.59 Å². The first-order valence-electron chi connectivity index (χ1n) is 12.6. The number of ether oxygens (including phenoxy) is 1. The van der Waals surface area contributed by atoms with E-state index >= 15 is 0 Å². The van der Waals surface area contributed by atoms with E-state index in [1.54, 1.807) is 13.0 Å². The smallest absolute Gasteiger partial charge is 0.406 e. The lowest BCUT2D eigenvalue weighted by Crippen LogP contribution is -2.29. The number of halogens is 3. The molecule has 1 aromatic carbocycles. The van der Waals surface area contributed by atoms with E-state index in [0.29, 0.717) is 27.2 Å². The molecule has 0 bridgehead atoms. The van der Waals surface area contributed by atoms with E-state index in [4.69, 9.17) is 0 Å². The molecule has 38 heavy (non-hydrogen) atoms. The number of hydrogen-bond donors (Lipinski definition) is 2. The Morgan fingerprint density at radius 1 is 1.08 bits per heavy atom. The van der Waals surface area contributed by atoms with Crippen molar-refractivity contribution in [2.24, 2.45) is 0 Å². The van der Waals surface area contributed by atoms with Crippen LogP contribution in [0.5, 0.6) is 5.75 Å². The van der Waals surface area contributed by atoms with Gasteiger partial charge in [-0.1, -0.05) is 11.3 Å². The Hall–Kier alpha value is -3.48. The van der Waals surface area contributed by atoms with Gasteiger partial charge in [0.2, 0.25) is 5.13 Å². The van der Waals surface area contributed by atoms with Crippen molar-refractivity contribution in [3.05, 3.63) is 52.0 Å². The van der Waals surface area contributed by atoms with Gasteiger partial charge >= 0.3 is 6.36 Å². The molecule has 13 heteroatoms. The Morgan fingerprint density at radius 2 is 1.82 bits per heavy atom. The van der Waals surface area contributed by atoms with E-state index in [1.165, 1.54) is 28.3 Å². The number of carbonyl (C=O) groups excluding carboxylic acids is 2. The van der Waals surface area contributed by atoms with Gasteiger partial charge in [0.15, 0.2) is 11.6 Å². The van der Waals surface area contributed by atoms with Gasteiger partial charge in [-0.15, -0.1) is 18.3 Å². The second-order valence-corrected chi connectivity index (χ2v) is 11.1. The summed E-state index contributed by atoms with van der Waals surface area (Å²) in [6, 6.07) is 3.60. The summed E-state index contributed by atoms with van der Waals surface area (Å²) in [5, 5.41) is 10.8. The molecule has 3 aliphatic rings. The third-order valence-electron chi connectivity index (χ3n) is 6.61. The molecule has 2 heterocycles. The minimum Gasteiger partial charge on any atom is -0.406 e. The predicted molar refractivity (Wildman–Crippen MR) is 130 cm³/mol. The van der Waals surface area contributed by atoms with Crippen LogP contribution in [0.3, 0.4) is 0 Å². The number of amides is 2. The molecule has 0 saturated heterocycles. The normalized spacial score (nSPS) is 18.2. The second-order valence-electron chi connectivity index (χ2n) is 10.1. The average Bonchev–Trinajstić information content (AvgIpc) is 3.76. The molecule has 3 fully saturated rings. The van der Waals surface area contributed by atoms with Crippen molar-refractivity contribution in [3.63, 3.8) is 0 Å². The third kappa shape index (κ3) is 5.66. The third-order valence-corrected chi connectivity index (χ3v) is 7.58. The van der Waals surface area contributed by atoms with Crippen molar-refractivity contribution in [2.45, 2.75) is 75.7 Å². The van der Waals surface area contributed by atoms with E-state index in [-0.39, 0.29) is 29.3 Å². The van der Waals surface area contributed by atoms with Crippen LogP contribution in [0.15, 0.2) is 24.4 Å². The van der Waals surface area contributed by atoms with Crippen LogP contribution >= 0.6 is 11.3 Å². The molecule has 0 radical (unpaired) electrons. The van der Waals surface area contributed by atoms with Gasteiger partial charge in [0, 0.05) is 17.5 Å². The van der Waals surface area contributed by atoms with Crippen molar-refractivity contribution in [1.82, 2.24) is 30.4 Å². The zero-order valence-corrected chi connectivity index (χ0v) is 21.2. The average molecular weight is 547 g/mol. The summed E-state index contributed by atoms with van der Waals surface area (Å²) in [5.74, 6) is 0.251. The topological polar surface area (TPSA) is 111 Å². The van der Waals surface area contributed by atoms with Crippen molar-refractivity contribution in [2.75, 3.05) is 0 Å². The second kappa shape index (κ2) is 9.37. The molecular weight excluding hydrogens is 521 g/mol. The summed E-state index contributed by atoms with van der Waals surface area (Å²) in [7, 11) is 0. The van der Waals surface area contributed by atoms with Gasteiger partial charge in [0.25, 0.3) is 11.8 Å². The number of alkyl halides is 3. The number of nitrogens with zero attached hydrogens (tertiary/aromatic N) is 4. The molecule has 9 nitrogen and oxygen atoms in total. The SMILES string of the molecule is C[C@H](NC(=O)c1cc(OC(F)(F)F)cc(C2CC2)c1)c1nc(C2CC2)nn1-c1ncc(C(=O)NC2CC2)s1. The van der Waals surface area contributed by atoms with Crippen LogP contribution in [-0.2, 0) is 0 Å². The fraction of sp³-hybridized carbons (Fsp3) is 0.480. The zero-order valence-electron chi connectivity index (χ0n) is 20.4. The molecule has 200 valence electrons. The molecule has 0 unspecified atom stereocenters. The van der Waals surface area contributed by atoms with Crippen LogP contribution in [0.4, 0.5) is 13.2 Å². The lowest BCUT2D eigenvalue weighted by Gasteiger charge is -2.16. The van der Waals surface area contributed by atoms with Crippen LogP contribution in [0.1, 0.15) is 101 Å². The van der Waals surface area contributed by atoms with E-state index in [9.17, 15) is 22.8 Å². The zero-order chi connectivity index (χ0) is 26.6. The molecule has 3 aliphatic carbocycles. The molecular formula is C25H25F3N6O3S. The van der Waals surface area contributed by atoms with Gasteiger partial charge in [0.1, 0.15) is 10.6 Å². The lowest BCUT2D eigenvalue weighted by molar-refractivity contribution is -0.274. The first-order chi connectivity index (χ1) is 18.1. The minimum atomic E-state index is -4.86. The molecule has 0 spiro atoms. The van der Waals surface area contributed by atoms with E-state index in [2.05, 4.69) is 30.4 Å². The van der Waals surface area contributed by atoms with Crippen LogP contribution in [0.2, 0.25) is 0 Å². The molecule has 3 saturated carbocycles. The van der Waals surface area contributed by atoms with Crippen molar-refractivity contribution in [1.29, 1.82) is 0 Å². The number of nitrogens with one attached hydrogen (secondary N) is 2. The Balaban J connectivity index is 1.25. The summed E-state index contributed by atoms with van der Waals surface area (Å²) in [6.07, 6.45) is 2.22. The van der Waals surface area contributed by atoms with Gasteiger partial charge in [-0.05, 0) is 75.1 Å². The largest absolute Gasteiger partial charge is 0.573 e. The Morgan fingerprint density at radius 3 is 2.47 bits per heavy atom. The molecule has 6 rings (SSSR count). The maximum absolute atomic E-state index is 13.2. The van der Waals surface area contributed by atoms with Crippen LogP contribution in [0, 0.1) is 0 Å². The first kappa shape index (κ1) is 24.8. The highest BCUT2D eigenvalue weighted by Gasteiger charge is 2.34. The highest BCUT2D eigenvalue weighted by molar-refractivity contribution is 7.16. The predicted octanol–water partition coefficient (Wildman–Crippen LogP) is 4.76. The Bertz CT molecular complexity index is 1390. The number of thiazole rings is 1. The quantitative estimate of drug-likeness (QED) is 0.400. The molecule has 1 atom stereocenters.